The van der Waals surface area contributed by atoms with Gasteiger partial charge in [0.05, 0.1) is 24.2 Å². The highest BCUT2D eigenvalue weighted by molar-refractivity contribution is 6.31. The molecule has 1 aromatic rings. The lowest BCUT2D eigenvalue weighted by Gasteiger charge is -2.10. The van der Waals surface area contributed by atoms with E-state index in [0.717, 1.165) is 0 Å². The van der Waals surface area contributed by atoms with Gasteiger partial charge >= 0.3 is 5.97 Å². The van der Waals surface area contributed by atoms with Crippen LogP contribution < -0.4 is 5.73 Å². The van der Waals surface area contributed by atoms with E-state index in [1.54, 1.807) is 0 Å². The van der Waals surface area contributed by atoms with E-state index in [1.165, 1.54) is 13.2 Å². The van der Waals surface area contributed by atoms with Crippen LogP contribution in [0.15, 0.2) is 6.07 Å². The van der Waals surface area contributed by atoms with Crippen molar-refractivity contribution in [2.75, 3.05) is 7.11 Å². The Morgan fingerprint density at radius 2 is 2.29 bits per heavy atom. The van der Waals surface area contributed by atoms with Crippen molar-refractivity contribution in [3.05, 3.63) is 28.0 Å². The molecule has 0 fully saturated rings. The Bertz CT molecular complexity index is 427. The second-order valence-electron chi connectivity index (χ2n) is 3.22. The number of ether oxygens (including phenoxy) is 1. The van der Waals surface area contributed by atoms with E-state index in [0.29, 0.717) is 0 Å². The van der Waals surface area contributed by atoms with Gasteiger partial charge in [-0.1, -0.05) is 11.6 Å². The first kappa shape index (κ1) is 13.8. The van der Waals surface area contributed by atoms with E-state index in [-0.39, 0.29) is 29.2 Å². The smallest absolute Gasteiger partial charge is 0.310 e. The third-order valence-corrected chi connectivity index (χ3v) is 2.45. The average Bonchev–Trinajstić information content (AvgIpc) is 2.28. The third-order valence-electron chi connectivity index (χ3n) is 2.12. The molecule has 0 spiro atoms. The molecule has 0 saturated heterocycles. The summed E-state index contributed by atoms with van der Waals surface area (Å²) in [6.45, 7) is -0.0446. The summed E-state index contributed by atoms with van der Waals surface area (Å²) < 4.78 is 29.9. The molecule has 0 aliphatic carbocycles. The lowest BCUT2D eigenvalue weighted by molar-refractivity contribution is -0.139. The third kappa shape index (κ3) is 3.34. The summed E-state index contributed by atoms with van der Waals surface area (Å²) >= 11 is 5.79. The van der Waals surface area contributed by atoms with Crippen LogP contribution in [0, 0.1) is 0 Å². The molecule has 0 aliphatic heterocycles. The molecule has 94 valence electrons. The molecule has 0 unspecified atom stereocenters. The molecule has 0 aromatic carbocycles. The van der Waals surface area contributed by atoms with Crippen molar-refractivity contribution in [1.29, 1.82) is 0 Å². The molecule has 0 radical (unpaired) electrons. The van der Waals surface area contributed by atoms with Crippen molar-refractivity contribution in [2.45, 2.75) is 19.4 Å². The zero-order valence-corrected chi connectivity index (χ0v) is 9.80. The van der Waals surface area contributed by atoms with E-state index in [9.17, 15) is 13.6 Å². The summed E-state index contributed by atoms with van der Waals surface area (Å²) in [5.74, 6) is -0.634. The predicted octanol–water partition coefficient (Wildman–Crippen LogP) is 1.85. The van der Waals surface area contributed by atoms with Gasteiger partial charge in [0.25, 0.3) is 6.43 Å². The zero-order chi connectivity index (χ0) is 13.0. The second-order valence-corrected chi connectivity index (χ2v) is 3.63. The zero-order valence-electron chi connectivity index (χ0n) is 9.04. The van der Waals surface area contributed by atoms with Crippen molar-refractivity contribution in [2.24, 2.45) is 5.73 Å². The Kier molecular flexibility index (Phi) is 4.77. The molecule has 0 atom stereocenters. The summed E-state index contributed by atoms with van der Waals surface area (Å²) in [6, 6.07) is 1.27. The van der Waals surface area contributed by atoms with E-state index < -0.39 is 18.1 Å². The van der Waals surface area contributed by atoms with E-state index in [1.807, 2.05) is 0 Å². The van der Waals surface area contributed by atoms with Crippen LogP contribution >= 0.6 is 11.6 Å². The largest absolute Gasteiger partial charge is 0.469 e. The Labute approximate surface area is 102 Å². The minimum atomic E-state index is -2.79. The Morgan fingerprint density at radius 1 is 1.65 bits per heavy atom. The van der Waals surface area contributed by atoms with Gasteiger partial charge in [-0.25, -0.2) is 13.8 Å². The molecule has 4 nitrogen and oxygen atoms in total. The number of rotatable bonds is 4. The van der Waals surface area contributed by atoms with Gasteiger partial charge in [0.2, 0.25) is 0 Å². The normalized spacial score (nSPS) is 10.7. The SMILES string of the molecule is COC(=O)Cc1cc(Cl)c(CN)nc1C(F)F. The van der Waals surface area contributed by atoms with Crippen molar-refractivity contribution < 1.29 is 18.3 Å². The summed E-state index contributed by atoms with van der Waals surface area (Å²) in [6.07, 6.45) is -3.09. The minimum absolute atomic E-state index is 0.0446. The number of hydrogen-bond acceptors (Lipinski definition) is 4. The fourth-order valence-electron chi connectivity index (χ4n) is 1.28. The minimum Gasteiger partial charge on any atom is -0.469 e. The summed E-state index contributed by atoms with van der Waals surface area (Å²) in [5, 5.41) is 0.163. The second kappa shape index (κ2) is 5.88. The highest BCUT2D eigenvalue weighted by Crippen LogP contribution is 2.26. The van der Waals surface area contributed by atoms with Crippen LogP contribution in [-0.4, -0.2) is 18.1 Å². The number of aromatic nitrogens is 1. The molecule has 17 heavy (non-hydrogen) atoms. The molecule has 0 bridgehead atoms. The van der Waals surface area contributed by atoms with Crippen LogP contribution in [0.4, 0.5) is 8.78 Å². The standard InChI is InChI=1S/C10H11ClF2N2O2/c1-17-8(16)3-5-2-6(11)7(4-14)15-9(5)10(12)13/h2,10H,3-4,14H2,1H3. The summed E-state index contributed by atoms with van der Waals surface area (Å²) in [5.41, 5.74) is 5.05. The van der Waals surface area contributed by atoms with Gasteiger partial charge in [0.15, 0.2) is 0 Å². The predicted molar refractivity (Wildman–Crippen MR) is 57.8 cm³/mol. The fraction of sp³-hybridized carbons (Fsp3) is 0.400. The number of carbonyl (C=O) groups is 1. The highest BCUT2D eigenvalue weighted by atomic mass is 35.5. The van der Waals surface area contributed by atoms with Gasteiger partial charge in [-0.05, 0) is 11.6 Å². The van der Waals surface area contributed by atoms with Crippen LogP contribution in [0.2, 0.25) is 5.02 Å². The first-order valence-corrected chi connectivity index (χ1v) is 5.10. The monoisotopic (exact) mass is 264 g/mol. The number of hydrogen-bond donors (Lipinski definition) is 1. The van der Waals surface area contributed by atoms with Crippen molar-refractivity contribution >= 4 is 17.6 Å². The van der Waals surface area contributed by atoms with Crippen LogP contribution in [0.1, 0.15) is 23.4 Å². The molecule has 1 heterocycles. The lowest BCUT2D eigenvalue weighted by atomic mass is 10.1. The van der Waals surface area contributed by atoms with Crippen molar-refractivity contribution in [3.63, 3.8) is 0 Å². The van der Waals surface area contributed by atoms with Crippen LogP contribution in [0.3, 0.4) is 0 Å². The maximum atomic E-state index is 12.7. The first-order valence-electron chi connectivity index (χ1n) is 4.72. The lowest BCUT2D eigenvalue weighted by Crippen LogP contribution is -2.11. The fourth-order valence-corrected chi connectivity index (χ4v) is 1.53. The van der Waals surface area contributed by atoms with Gasteiger partial charge in [0.1, 0.15) is 5.69 Å². The van der Waals surface area contributed by atoms with Crippen molar-refractivity contribution in [1.82, 2.24) is 4.98 Å². The Morgan fingerprint density at radius 3 is 2.76 bits per heavy atom. The van der Waals surface area contributed by atoms with Gasteiger partial charge in [-0.2, -0.15) is 0 Å². The molecule has 1 aromatic heterocycles. The maximum absolute atomic E-state index is 12.7. The highest BCUT2D eigenvalue weighted by Gasteiger charge is 2.19. The quantitative estimate of drug-likeness (QED) is 0.843. The molecular weight excluding hydrogens is 254 g/mol. The first-order chi connectivity index (χ1) is 7.99. The Hall–Kier alpha value is -1.27. The number of pyridine rings is 1. The molecule has 0 aliphatic rings. The topological polar surface area (TPSA) is 65.2 Å². The number of nitrogens with zero attached hydrogens (tertiary/aromatic N) is 1. The van der Waals surface area contributed by atoms with Crippen LogP contribution in [0.25, 0.3) is 0 Å². The van der Waals surface area contributed by atoms with Crippen molar-refractivity contribution in [3.8, 4) is 0 Å². The average molecular weight is 265 g/mol. The van der Waals surface area contributed by atoms with Gasteiger partial charge < -0.3 is 10.5 Å². The van der Waals surface area contributed by atoms with Gasteiger partial charge in [0, 0.05) is 6.54 Å². The van der Waals surface area contributed by atoms with Gasteiger partial charge in [-0.15, -0.1) is 0 Å². The Balaban J connectivity index is 3.18. The molecule has 0 saturated carbocycles. The summed E-state index contributed by atoms with van der Waals surface area (Å²) in [4.78, 5) is 14.7. The number of methoxy groups -OCH3 is 1. The van der Waals surface area contributed by atoms with E-state index >= 15 is 0 Å². The molecule has 7 heteroatoms. The number of halogens is 3. The molecular formula is C10H11ClF2N2O2. The molecule has 1 rings (SSSR count). The number of esters is 1. The molecule has 0 amide bonds. The van der Waals surface area contributed by atoms with E-state index in [2.05, 4.69) is 9.72 Å². The number of alkyl halides is 2. The van der Waals surface area contributed by atoms with E-state index in [4.69, 9.17) is 17.3 Å². The van der Waals surface area contributed by atoms with Gasteiger partial charge in [-0.3, -0.25) is 4.79 Å². The van der Waals surface area contributed by atoms with Crippen LogP contribution in [-0.2, 0) is 22.5 Å². The summed E-state index contributed by atoms with van der Waals surface area (Å²) in [7, 11) is 1.17. The maximum Gasteiger partial charge on any atom is 0.310 e. The molecule has 2 N–H and O–H groups in total. The van der Waals surface area contributed by atoms with Crippen LogP contribution in [0.5, 0.6) is 0 Å². The number of carbonyl (C=O) groups excluding carboxylic acids is 1. The number of nitrogens with two attached hydrogens (primary N) is 1.